The van der Waals surface area contributed by atoms with Crippen LogP contribution in [0.1, 0.15) is 24.9 Å². The molecule has 2 atom stereocenters. The zero-order valence-corrected chi connectivity index (χ0v) is 12.9. The molecule has 1 aromatic rings. The predicted octanol–water partition coefficient (Wildman–Crippen LogP) is 1.44. The van der Waals surface area contributed by atoms with E-state index in [2.05, 4.69) is 35.9 Å². The van der Waals surface area contributed by atoms with Gasteiger partial charge in [0.1, 0.15) is 0 Å². The van der Waals surface area contributed by atoms with Crippen LogP contribution in [0.2, 0.25) is 0 Å². The van der Waals surface area contributed by atoms with Gasteiger partial charge in [0.15, 0.2) is 11.5 Å². The quantitative estimate of drug-likeness (QED) is 0.910. The normalized spacial score (nSPS) is 24.2. The molecule has 2 N–H and O–H groups in total. The second-order valence-electron chi connectivity index (χ2n) is 5.90. The molecule has 116 valence electrons. The molecular formula is C16H25N3O2. The molecule has 1 fully saturated rings. The average molecular weight is 291 g/mol. The first kappa shape index (κ1) is 14.6. The van der Waals surface area contributed by atoms with Crippen molar-refractivity contribution in [1.82, 2.24) is 9.80 Å². The second kappa shape index (κ2) is 6.22. The lowest BCUT2D eigenvalue weighted by Gasteiger charge is -2.42. The zero-order valence-electron chi connectivity index (χ0n) is 12.9. The van der Waals surface area contributed by atoms with Crippen molar-refractivity contribution in [3.8, 4) is 11.5 Å². The number of nitrogens with two attached hydrogens (primary N) is 1. The van der Waals surface area contributed by atoms with E-state index in [4.69, 9.17) is 15.2 Å². The number of piperazine rings is 1. The lowest BCUT2D eigenvalue weighted by Crippen LogP contribution is -2.53. The molecule has 5 heteroatoms. The van der Waals surface area contributed by atoms with Crippen LogP contribution in [-0.2, 0) is 0 Å². The summed E-state index contributed by atoms with van der Waals surface area (Å²) in [7, 11) is 2.21. The van der Waals surface area contributed by atoms with Crippen molar-refractivity contribution in [3.63, 3.8) is 0 Å². The Labute approximate surface area is 126 Å². The van der Waals surface area contributed by atoms with Gasteiger partial charge < -0.3 is 20.1 Å². The molecule has 0 radical (unpaired) electrons. The van der Waals surface area contributed by atoms with Crippen molar-refractivity contribution in [3.05, 3.63) is 23.8 Å². The fourth-order valence-electron chi connectivity index (χ4n) is 3.31. The maximum Gasteiger partial charge on any atom is 0.231 e. The SMILES string of the molecule is CCC1CN(C(CN)c2ccc3c(c2)OCO3)CCN1C. The number of hydrogen-bond donors (Lipinski definition) is 1. The van der Waals surface area contributed by atoms with Crippen LogP contribution in [0.3, 0.4) is 0 Å². The lowest BCUT2D eigenvalue weighted by atomic mass is 10.0. The third kappa shape index (κ3) is 2.86. The molecule has 2 heterocycles. The highest BCUT2D eigenvalue weighted by Gasteiger charge is 2.29. The van der Waals surface area contributed by atoms with Gasteiger partial charge in [-0.1, -0.05) is 13.0 Å². The largest absolute Gasteiger partial charge is 0.454 e. The summed E-state index contributed by atoms with van der Waals surface area (Å²) < 4.78 is 10.9. The number of ether oxygens (including phenoxy) is 2. The average Bonchev–Trinajstić information content (AvgIpc) is 2.97. The van der Waals surface area contributed by atoms with Crippen LogP contribution in [0, 0.1) is 0 Å². The molecular weight excluding hydrogens is 266 g/mol. The molecule has 2 aliphatic heterocycles. The molecule has 0 aliphatic carbocycles. The van der Waals surface area contributed by atoms with Gasteiger partial charge in [-0.2, -0.15) is 0 Å². The molecule has 1 saturated heterocycles. The Morgan fingerprint density at radius 2 is 2.10 bits per heavy atom. The number of fused-ring (bicyclic) bond motifs is 1. The van der Waals surface area contributed by atoms with E-state index >= 15 is 0 Å². The molecule has 5 nitrogen and oxygen atoms in total. The molecule has 0 bridgehead atoms. The predicted molar refractivity (Wildman–Crippen MR) is 82.6 cm³/mol. The minimum atomic E-state index is 0.252. The highest BCUT2D eigenvalue weighted by molar-refractivity contribution is 5.45. The van der Waals surface area contributed by atoms with Crippen LogP contribution >= 0.6 is 0 Å². The summed E-state index contributed by atoms with van der Waals surface area (Å²) in [5.74, 6) is 1.67. The van der Waals surface area contributed by atoms with Crippen molar-refractivity contribution in [2.24, 2.45) is 5.73 Å². The van der Waals surface area contributed by atoms with Gasteiger partial charge >= 0.3 is 0 Å². The van der Waals surface area contributed by atoms with Gasteiger partial charge in [-0.25, -0.2) is 0 Å². The van der Waals surface area contributed by atoms with Crippen LogP contribution < -0.4 is 15.2 Å². The van der Waals surface area contributed by atoms with Crippen LogP contribution in [-0.4, -0.2) is 55.9 Å². The minimum Gasteiger partial charge on any atom is -0.454 e. The fourth-order valence-corrected chi connectivity index (χ4v) is 3.31. The molecule has 0 aromatic heterocycles. The van der Waals surface area contributed by atoms with Crippen LogP contribution in [0.5, 0.6) is 11.5 Å². The fraction of sp³-hybridized carbons (Fsp3) is 0.625. The summed E-state index contributed by atoms with van der Waals surface area (Å²) in [4.78, 5) is 4.95. The summed E-state index contributed by atoms with van der Waals surface area (Å²) in [5.41, 5.74) is 7.30. The minimum absolute atomic E-state index is 0.252. The smallest absolute Gasteiger partial charge is 0.231 e. The molecule has 2 aliphatic rings. The van der Waals surface area contributed by atoms with Gasteiger partial charge in [-0.3, -0.25) is 4.90 Å². The van der Waals surface area contributed by atoms with Gasteiger partial charge in [0.2, 0.25) is 6.79 Å². The van der Waals surface area contributed by atoms with Gasteiger partial charge in [0.25, 0.3) is 0 Å². The van der Waals surface area contributed by atoms with Crippen LogP contribution in [0.25, 0.3) is 0 Å². The summed E-state index contributed by atoms with van der Waals surface area (Å²) in [5, 5.41) is 0. The van der Waals surface area contributed by atoms with Crippen molar-refractivity contribution >= 4 is 0 Å². The molecule has 2 unspecified atom stereocenters. The zero-order chi connectivity index (χ0) is 14.8. The van der Waals surface area contributed by atoms with E-state index in [9.17, 15) is 0 Å². The number of nitrogens with zero attached hydrogens (tertiary/aromatic N) is 2. The first-order valence-corrected chi connectivity index (χ1v) is 7.76. The Kier molecular flexibility index (Phi) is 4.33. The van der Waals surface area contributed by atoms with Crippen molar-refractivity contribution < 1.29 is 9.47 Å². The third-order valence-corrected chi connectivity index (χ3v) is 4.73. The highest BCUT2D eigenvalue weighted by Crippen LogP contribution is 2.35. The molecule has 0 amide bonds. The van der Waals surface area contributed by atoms with E-state index in [0.29, 0.717) is 19.4 Å². The Balaban J connectivity index is 1.78. The monoisotopic (exact) mass is 291 g/mol. The maximum absolute atomic E-state index is 6.08. The molecule has 0 spiro atoms. The standard InChI is InChI=1S/C16H25N3O2/c1-3-13-10-19(7-6-18(13)2)14(9-17)12-4-5-15-16(8-12)21-11-20-15/h4-5,8,13-14H,3,6-7,9-11,17H2,1-2H3. The molecule has 0 saturated carbocycles. The maximum atomic E-state index is 6.08. The Morgan fingerprint density at radius 3 is 2.86 bits per heavy atom. The molecule has 1 aromatic carbocycles. The number of hydrogen-bond acceptors (Lipinski definition) is 5. The summed E-state index contributed by atoms with van der Waals surface area (Å²) >= 11 is 0. The summed E-state index contributed by atoms with van der Waals surface area (Å²) in [6.45, 7) is 6.42. The number of rotatable bonds is 4. The van der Waals surface area contributed by atoms with E-state index in [-0.39, 0.29) is 6.04 Å². The summed E-state index contributed by atoms with van der Waals surface area (Å²) in [6, 6.07) is 7.06. The van der Waals surface area contributed by atoms with Gasteiger partial charge in [0, 0.05) is 38.3 Å². The number of benzene rings is 1. The van der Waals surface area contributed by atoms with E-state index < -0.39 is 0 Å². The Hall–Kier alpha value is -1.30. The van der Waals surface area contributed by atoms with E-state index in [0.717, 1.165) is 31.1 Å². The van der Waals surface area contributed by atoms with Crippen molar-refractivity contribution in [1.29, 1.82) is 0 Å². The summed E-state index contributed by atoms with van der Waals surface area (Å²) in [6.07, 6.45) is 1.17. The van der Waals surface area contributed by atoms with Crippen molar-refractivity contribution in [2.45, 2.75) is 25.4 Å². The van der Waals surface area contributed by atoms with Crippen LogP contribution in [0.15, 0.2) is 18.2 Å². The second-order valence-corrected chi connectivity index (χ2v) is 5.90. The Bertz CT molecular complexity index is 494. The van der Waals surface area contributed by atoms with Gasteiger partial charge in [-0.05, 0) is 31.2 Å². The van der Waals surface area contributed by atoms with Crippen molar-refractivity contribution in [2.75, 3.05) is 40.0 Å². The third-order valence-electron chi connectivity index (χ3n) is 4.73. The first-order valence-electron chi connectivity index (χ1n) is 7.76. The Morgan fingerprint density at radius 1 is 1.29 bits per heavy atom. The number of likely N-dealkylation sites (N-methyl/N-ethyl adjacent to an activating group) is 1. The first-order chi connectivity index (χ1) is 10.2. The molecule has 21 heavy (non-hydrogen) atoms. The molecule has 3 rings (SSSR count). The topological polar surface area (TPSA) is 51.0 Å². The van der Waals surface area contributed by atoms with Gasteiger partial charge in [0.05, 0.1) is 0 Å². The van der Waals surface area contributed by atoms with Crippen LogP contribution in [0.4, 0.5) is 0 Å². The van der Waals surface area contributed by atoms with E-state index in [1.165, 1.54) is 12.0 Å². The van der Waals surface area contributed by atoms with E-state index in [1.807, 2.05) is 6.07 Å². The highest BCUT2D eigenvalue weighted by atomic mass is 16.7. The van der Waals surface area contributed by atoms with E-state index in [1.54, 1.807) is 0 Å². The van der Waals surface area contributed by atoms with Gasteiger partial charge in [-0.15, -0.1) is 0 Å². The lowest BCUT2D eigenvalue weighted by molar-refractivity contribution is 0.0643.